The summed E-state index contributed by atoms with van der Waals surface area (Å²) < 4.78 is 5.19. The number of likely N-dealkylation sites (N-methyl/N-ethyl adjacent to an activating group) is 1. The first-order valence-electron chi connectivity index (χ1n) is 9.64. The van der Waals surface area contributed by atoms with Crippen LogP contribution in [-0.4, -0.2) is 63.2 Å². The molecule has 158 valence electrons. The minimum Gasteiger partial charge on any atom is -0.497 e. The molecule has 8 heteroatoms. The van der Waals surface area contributed by atoms with E-state index in [9.17, 15) is 0 Å². The number of nitrogens with zero attached hydrogens (tertiary/aromatic N) is 4. The van der Waals surface area contributed by atoms with Gasteiger partial charge in [-0.25, -0.2) is 4.98 Å². The number of guanidine groups is 1. The highest BCUT2D eigenvalue weighted by molar-refractivity contribution is 14.0. The number of anilines is 1. The molecule has 0 aliphatic carbocycles. The SMILES string of the molecule is CN=C(NCc1ccc(OC)cc1)NCc1ccc(N2CCN(C)CC2)nc1.I. The predicted octanol–water partition coefficient (Wildman–Crippen LogP) is 2.33. The number of nitrogens with one attached hydrogen (secondary N) is 2. The van der Waals surface area contributed by atoms with Crippen LogP contribution in [0.4, 0.5) is 5.82 Å². The van der Waals surface area contributed by atoms with Crippen molar-refractivity contribution in [2.24, 2.45) is 4.99 Å². The minimum atomic E-state index is 0. The molecular weight excluding hydrogens is 479 g/mol. The van der Waals surface area contributed by atoms with Crippen molar-refractivity contribution in [1.29, 1.82) is 0 Å². The molecule has 0 radical (unpaired) electrons. The van der Waals surface area contributed by atoms with E-state index in [1.807, 2.05) is 30.5 Å². The van der Waals surface area contributed by atoms with Crippen LogP contribution in [0, 0.1) is 0 Å². The molecule has 29 heavy (non-hydrogen) atoms. The van der Waals surface area contributed by atoms with E-state index in [2.05, 4.69) is 49.6 Å². The molecule has 1 aliphatic heterocycles. The first-order chi connectivity index (χ1) is 13.7. The summed E-state index contributed by atoms with van der Waals surface area (Å²) in [6, 6.07) is 12.2. The Hall–Kier alpha value is -2.07. The number of ether oxygens (including phenoxy) is 1. The van der Waals surface area contributed by atoms with Gasteiger partial charge in [-0.15, -0.1) is 24.0 Å². The molecule has 0 unspecified atom stereocenters. The van der Waals surface area contributed by atoms with E-state index < -0.39 is 0 Å². The molecule has 0 saturated carbocycles. The Balaban J connectivity index is 0.00000300. The second-order valence-corrected chi connectivity index (χ2v) is 6.94. The number of halogens is 1. The van der Waals surface area contributed by atoms with Crippen LogP contribution in [0.1, 0.15) is 11.1 Å². The number of aromatic nitrogens is 1. The second-order valence-electron chi connectivity index (χ2n) is 6.94. The maximum absolute atomic E-state index is 5.19. The van der Waals surface area contributed by atoms with Crippen LogP contribution in [0.5, 0.6) is 5.75 Å². The molecule has 0 spiro atoms. The van der Waals surface area contributed by atoms with Crippen LogP contribution in [-0.2, 0) is 13.1 Å². The van der Waals surface area contributed by atoms with E-state index in [0.717, 1.165) is 49.3 Å². The van der Waals surface area contributed by atoms with Gasteiger partial charge in [0.05, 0.1) is 7.11 Å². The molecule has 2 N–H and O–H groups in total. The lowest BCUT2D eigenvalue weighted by Gasteiger charge is -2.33. The molecule has 1 aliphatic rings. The average molecular weight is 510 g/mol. The molecule has 0 amide bonds. The van der Waals surface area contributed by atoms with Gasteiger partial charge < -0.3 is 25.2 Å². The van der Waals surface area contributed by atoms with E-state index in [1.165, 1.54) is 5.56 Å². The summed E-state index contributed by atoms with van der Waals surface area (Å²) in [7, 11) is 5.61. The maximum atomic E-state index is 5.19. The molecule has 7 nitrogen and oxygen atoms in total. The Morgan fingerprint density at radius 1 is 1.00 bits per heavy atom. The summed E-state index contributed by atoms with van der Waals surface area (Å²) in [6.45, 7) is 5.61. The van der Waals surface area contributed by atoms with Crippen LogP contribution in [0.3, 0.4) is 0 Å². The first-order valence-corrected chi connectivity index (χ1v) is 9.64. The summed E-state index contributed by atoms with van der Waals surface area (Å²) in [6.07, 6.45) is 1.94. The minimum absolute atomic E-state index is 0. The average Bonchev–Trinajstić information content (AvgIpc) is 2.75. The number of piperazine rings is 1. The van der Waals surface area contributed by atoms with Crippen LogP contribution in [0.2, 0.25) is 0 Å². The maximum Gasteiger partial charge on any atom is 0.191 e. The Labute approximate surface area is 190 Å². The zero-order valence-electron chi connectivity index (χ0n) is 17.4. The van der Waals surface area contributed by atoms with E-state index in [-0.39, 0.29) is 24.0 Å². The van der Waals surface area contributed by atoms with Crippen molar-refractivity contribution in [2.45, 2.75) is 13.1 Å². The van der Waals surface area contributed by atoms with E-state index in [1.54, 1.807) is 14.2 Å². The molecule has 3 rings (SSSR count). The van der Waals surface area contributed by atoms with Crippen molar-refractivity contribution in [2.75, 3.05) is 52.3 Å². The van der Waals surface area contributed by atoms with Gasteiger partial charge in [0.2, 0.25) is 0 Å². The van der Waals surface area contributed by atoms with Gasteiger partial charge >= 0.3 is 0 Å². The summed E-state index contributed by atoms with van der Waals surface area (Å²) in [5, 5.41) is 6.66. The Morgan fingerprint density at radius 2 is 1.62 bits per heavy atom. The lowest BCUT2D eigenvalue weighted by Crippen LogP contribution is -2.44. The molecule has 0 bridgehead atoms. The van der Waals surface area contributed by atoms with Gasteiger partial charge in [-0.05, 0) is 36.4 Å². The Kier molecular flexibility index (Phi) is 9.46. The lowest BCUT2D eigenvalue weighted by atomic mass is 10.2. The van der Waals surface area contributed by atoms with Gasteiger partial charge in [-0.2, -0.15) is 0 Å². The summed E-state index contributed by atoms with van der Waals surface area (Å²) in [5.41, 5.74) is 2.30. The van der Waals surface area contributed by atoms with Crippen molar-refractivity contribution in [3.8, 4) is 5.75 Å². The van der Waals surface area contributed by atoms with Crippen molar-refractivity contribution in [3.63, 3.8) is 0 Å². The van der Waals surface area contributed by atoms with Gasteiger partial charge in [0.25, 0.3) is 0 Å². The van der Waals surface area contributed by atoms with Gasteiger partial charge in [0.1, 0.15) is 11.6 Å². The number of aliphatic imine (C=N–C) groups is 1. The molecule has 1 fully saturated rings. The molecule has 2 heterocycles. The quantitative estimate of drug-likeness (QED) is 0.354. The fourth-order valence-electron chi connectivity index (χ4n) is 3.08. The lowest BCUT2D eigenvalue weighted by molar-refractivity contribution is 0.312. The first kappa shape index (κ1) is 23.2. The molecule has 1 saturated heterocycles. The Bertz CT molecular complexity index is 758. The van der Waals surface area contributed by atoms with Gasteiger partial charge in [0, 0.05) is 52.5 Å². The highest BCUT2D eigenvalue weighted by Gasteiger charge is 2.14. The van der Waals surface area contributed by atoms with E-state index in [4.69, 9.17) is 4.74 Å². The third-order valence-corrected chi connectivity index (χ3v) is 4.94. The summed E-state index contributed by atoms with van der Waals surface area (Å²) in [4.78, 5) is 13.6. The number of hydrogen-bond acceptors (Lipinski definition) is 5. The topological polar surface area (TPSA) is 65.0 Å². The highest BCUT2D eigenvalue weighted by Crippen LogP contribution is 2.14. The van der Waals surface area contributed by atoms with Crippen LogP contribution >= 0.6 is 24.0 Å². The number of methoxy groups -OCH3 is 1. The third kappa shape index (κ3) is 7.04. The molecule has 1 aromatic carbocycles. The number of pyridine rings is 1. The number of hydrogen-bond donors (Lipinski definition) is 2. The van der Waals surface area contributed by atoms with Crippen LogP contribution in [0.15, 0.2) is 47.6 Å². The van der Waals surface area contributed by atoms with Crippen LogP contribution in [0.25, 0.3) is 0 Å². The highest BCUT2D eigenvalue weighted by atomic mass is 127. The van der Waals surface area contributed by atoms with E-state index >= 15 is 0 Å². The molecule has 0 atom stereocenters. The van der Waals surface area contributed by atoms with Gasteiger partial charge in [-0.3, -0.25) is 4.99 Å². The predicted molar refractivity (Wildman–Crippen MR) is 129 cm³/mol. The fraction of sp³-hybridized carbons (Fsp3) is 0.429. The van der Waals surface area contributed by atoms with Crippen molar-refractivity contribution in [3.05, 3.63) is 53.7 Å². The molecular formula is C21H31IN6O. The summed E-state index contributed by atoms with van der Waals surface area (Å²) >= 11 is 0. The van der Waals surface area contributed by atoms with E-state index in [0.29, 0.717) is 13.1 Å². The summed E-state index contributed by atoms with van der Waals surface area (Å²) in [5.74, 6) is 2.68. The zero-order valence-corrected chi connectivity index (χ0v) is 19.7. The normalized spacial score (nSPS) is 14.9. The zero-order chi connectivity index (χ0) is 19.8. The van der Waals surface area contributed by atoms with Crippen molar-refractivity contribution >= 4 is 35.8 Å². The number of benzene rings is 1. The Morgan fingerprint density at radius 3 is 2.17 bits per heavy atom. The molecule has 1 aromatic heterocycles. The fourth-order valence-corrected chi connectivity index (χ4v) is 3.08. The monoisotopic (exact) mass is 510 g/mol. The largest absolute Gasteiger partial charge is 0.497 e. The third-order valence-electron chi connectivity index (χ3n) is 4.94. The van der Waals surface area contributed by atoms with Crippen LogP contribution < -0.4 is 20.3 Å². The van der Waals surface area contributed by atoms with Crippen molar-refractivity contribution < 1.29 is 4.74 Å². The molecule has 2 aromatic rings. The second kappa shape index (κ2) is 11.8. The van der Waals surface area contributed by atoms with Gasteiger partial charge in [-0.1, -0.05) is 18.2 Å². The smallest absolute Gasteiger partial charge is 0.191 e. The van der Waals surface area contributed by atoms with Crippen molar-refractivity contribution in [1.82, 2.24) is 20.5 Å². The van der Waals surface area contributed by atoms with Gasteiger partial charge in [0.15, 0.2) is 5.96 Å². The standard InChI is InChI=1S/C21H30N6O.HI/c1-22-21(24-14-17-4-7-19(28-3)8-5-17)25-16-18-6-9-20(23-15-18)27-12-10-26(2)11-13-27;/h4-9,15H,10-14,16H2,1-3H3,(H2,22,24,25);1H. The number of rotatable bonds is 6.